The van der Waals surface area contributed by atoms with E-state index in [1.165, 1.54) is 19.3 Å². The molecule has 3 rings (SSSR count). The minimum Gasteiger partial charge on any atom is -0.489 e. The molecule has 2 aromatic carbocycles. The number of aryl methyl sites for hydroxylation is 1. The smallest absolute Gasteiger partial charge is 0.173 e. The SMILES string of the molecule is CCCCCCOc1c(-c2ccccc2)nn(C)c1-c1ccccc1. The Kier molecular flexibility index (Phi) is 5.89. The molecule has 130 valence electrons. The highest BCUT2D eigenvalue weighted by Crippen LogP contribution is 2.38. The number of hydrogen-bond donors (Lipinski definition) is 0. The lowest BCUT2D eigenvalue weighted by Crippen LogP contribution is -2.00. The number of nitrogens with zero attached hydrogens (tertiary/aromatic N) is 2. The highest BCUT2D eigenvalue weighted by Gasteiger charge is 2.20. The van der Waals surface area contributed by atoms with Crippen molar-refractivity contribution in [3.8, 4) is 28.3 Å². The van der Waals surface area contributed by atoms with Gasteiger partial charge in [0, 0.05) is 18.2 Å². The second-order valence-electron chi connectivity index (χ2n) is 6.29. The van der Waals surface area contributed by atoms with Crippen molar-refractivity contribution in [3.05, 3.63) is 60.7 Å². The number of hydrogen-bond acceptors (Lipinski definition) is 2. The highest BCUT2D eigenvalue weighted by atomic mass is 16.5. The Labute approximate surface area is 150 Å². The highest BCUT2D eigenvalue weighted by molar-refractivity contribution is 5.78. The Morgan fingerprint density at radius 1 is 0.840 bits per heavy atom. The quantitative estimate of drug-likeness (QED) is 0.493. The van der Waals surface area contributed by atoms with Crippen LogP contribution in [0.3, 0.4) is 0 Å². The molecule has 0 bridgehead atoms. The Hall–Kier alpha value is -2.55. The molecule has 0 radical (unpaired) electrons. The first-order valence-corrected chi connectivity index (χ1v) is 9.12. The van der Waals surface area contributed by atoms with Gasteiger partial charge in [0.15, 0.2) is 5.75 Å². The van der Waals surface area contributed by atoms with Crippen LogP contribution in [-0.2, 0) is 7.05 Å². The molecule has 0 amide bonds. The first kappa shape index (κ1) is 17.3. The molecule has 0 aliphatic heterocycles. The van der Waals surface area contributed by atoms with Crippen LogP contribution >= 0.6 is 0 Å². The first-order chi connectivity index (χ1) is 12.3. The van der Waals surface area contributed by atoms with Gasteiger partial charge in [0.1, 0.15) is 11.4 Å². The van der Waals surface area contributed by atoms with Crippen molar-refractivity contribution in [1.82, 2.24) is 9.78 Å². The largest absolute Gasteiger partial charge is 0.489 e. The normalized spacial score (nSPS) is 10.8. The summed E-state index contributed by atoms with van der Waals surface area (Å²) in [6.07, 6.45) is 4.77. The van der Waals surface area contributed by atoms with Gasteiger partial charge in [-0.2, -0.15) is 5.10 Å². The van der Waals surface area contributed by atoms with E-state index in [0.717, 1.165) is 41.3 Å². The first-order valence-electron chi connectivity index (χ1n) is 9.12. The van der Waals surface area contributed by atoms with Gasteiger partial charge in [-0.1, -0.05) is 86.8 Å². The summed E-state index contributed by atoms with van der Waals surface area (Å²) in [5.74, 6) is 0.886. The molecule has 0 aliphatic carbocycles. The van der Waals surface area contributed by atoms with Crippen molar-refractivity contribution in [2.45, 2.75) is 32.6 Å². The predicted octanol–water partition coefficient (Wildman–Crippen LogP) is 5.71. The fraction of sp³-hybridized carbons (Fsp3) is 0.318. The van der Waals surface area contributed by atoms with Gasteiger partial charge in [-0.15, -0.1) is 0 Å². The van der Waals surface area contributed by atoms with Crippen LogP contribution in [0, 0.1) is 0 Å². The molecule has 0 fully saturated rings. The van der Waals surface area contributed by atoms with E-state index in [-0.39, 0.29) is 0 Å². The van der Waals surface area contributed by atoms with Gasteiger partial charge >= 0.3 is 0 Å². The molecule has 25 heavy (non-hydrogen) atoms. The van der Waals surface area contributed by atoms with Gasteiger partial charge < -0.3 is 4.74 Å². The zero-order valence-corrected chi connectivity index (χ0v) is 15.1. The Bertz CT molecular complexity index is 779. The minimum atomic E-state index is 0.728. The summed E-state index contributed by atoms with van der Waals surface area (Å²) in [7, 11) is 1.98. The van der Waals surface area contributed by atoms with E-state index in [2.05, 4.69) is 43.3 Å². The van der Waals surface area contributed by atoms with Gasteiger partial charge in [0.25, 0.3) is 0 Å². The summed E-state index contributed by atoms with van der Waals surface area (Å²) < 4.78 is 8.19. The number of benzene rings is 2. The van der Waals surface area contributed by atoms with Gasteiger partial charge in [-0.05, 0) is 6.42 Å². The van der Waals surface area contributed by atoms with Crippen molar-refractivity contribution in [3.63, 3.8) is 0 Å². The fourth-order valence-corrected chi connectivity index (χ4v) is 3.04. The maximum Gasteiger partial charge on any atom is 0.173 e. The molecule has 0 spiro atoms. The molecular weight excluding hydrogens is 308 g/mol. The van der Waals surface area contributed by atoms with Crippen molar-refractivity contribution in [2.75, 3.05) is 6.61 Å². The van der Waals surface area contributed by atoms with E-state index < -0.39 is 0 Å². The lowest BCUT2D eigenvalue weighted by Gasteiger charge is -2.10. The lowest BCUT2D eigenvalue weighted by atomic mass is 10.1. The van der Waals surface area contributed by atoms with Gasteiger partial charge in [-0.25, -0.2) is 0 Å². The third-order valence-corrected chi connectivity index (χ3v) is 4.34. The van der Waals surface area contributed by atoms with Crippen molar-refractivity contribution < 1.29 is 4.74 Å². The van der Waals surface area contributed by atoms with Crippen molar-refractivity contribution in [2.24, 2.45) is 7.05 Å². The summed E-state index contributed by atoms with van der Waals surface area (Å²) in [5.41, 5.74) is 4.17. The van der Waals surface area contributed by atoms with Gasteiger partial charge in [-0.3, -0.25) is 4.68 Å². The zero-order valence-electron chi connectivity index (χ0n) is 15.1. The number of aromatic nitrogens is 2. The van der Waals surface area contributed by atoms with Crippen LogP contribution in [0.1, 0.15) is 32.6 Å². The summed E-state index contributed by atoms with van der Waals surface area (Å²) in [6.45, 7) is 2.95. The molecule has 3 heteroatoms. The van der Waals surface area contributed by atoms with Crippen molar-refractivity contribution >= 4 is 0 Å². The van der Waals surface area contributed by atoms with Crippen LogP contribution in [0.25, 0.3) is 22.5 Å². The van der Waals surface area contributed by atoms with E-state index in [1.807, 2.05) is 36.0 Å². The summed E-state index contributed by atoms with van der Waals surface area (Å²) >= 11 is 0. The average molecular weight is 334 g/mol. The Balaban J connectivity index is 1.95. The summed E-state index contributed by atoms with van der Waals surface area (Å²) in [6, 6.07) is 20.6. The molecule has 1 heterocycles. The maximum absolute atomic E-state index is 6.26. The topological polar surface area (TPSA) is 27.1 Å². The van der Waals surface area contributed by atoms with Crippen LogP contribution in [0.4, 0.5) is 0 Å². The van der Waals surface area contributed by atoms with Crippen molar-refractivity contribution in [1.29, 1.82) is 0 Å². The van der Waals surface area contributed by atoms with Crippen LogP contribution in [0.2, 0.25) is 0 Å². The van der Waals surface area contributed by atoms with Crippen LogP contribution in [-0.4, -0.2) is 16.4 Å². The number of ether oxygens (including phenoxy) is 1. The molecule has 0 atom stereocenters. The van der Waals surface area contributed by atoms with Gasteiger partial charge in [0.2, 0.25) is 0 Å². The molecule has 0 aliphatic rings. The minimum absolute atomic E-state index is 0.728. The number of rotatable bonds is 8. The monoisotopic (exact) mass is 334 g/mol. The predicted molar refractivity (Wildman–Crippen MR) is 104 cm³/mol. The standard InChI is InChI=1S/C22H26N2O/c1-3-4-5-12-17-25-22-20(18-13-8-6-9-14-18)23-24(2)21(22)19-15-10-7-11-16-19/h6-11,13-16H,3-5,12,17H2,1-2H3. The molecule has 3 nitrogen and oxygen atoms in total. The van der Waals surface area contributed by atoms with Crippen LogP contribution in [0.5, 0.6) is 5.75 Å². The van der Waals surface area contributed by atoms with E-state index in [0.29, 0.717) is 0 Å². The second kappa shape index (κ2) is 8.52. The van der Waals surface area contributed by atoms with Crippen LogP contribution < -0.4 is 4.74 Å². The van der Waals surface area contributed by atoms with E-state index in [9.17, 15) is 0 Å². The molecular formula is C22H26N2O. The zero-order chi connectivity index (χ0) is 17.5. The molecule has 0 saturated carbocycles. The lowest BCUT2D eigenvalue weighted by molar-refractivity contribution is 0.307. The molecule has 0 saturated heterocycles. The molecule has 3 aromatic rings. The van der Waals surface area contributed by atoms with E-state index in [4.69, 9.17) is 9.84 Å². The molecule has 1 aromatic heterocycles. The summed E-state index contributed by atoms with van der Waals surface area (Å²) in [5, 5.41) is 4.76. The Morgan fingerprint density at radius 3 is 2.12 bits per heavy atom. The Morgan fingerprint density at radius 2 is 1.48 bits per heavy atom. The van der Waals surface area contributed by atoms with E-state index in [1.54, 1.807) is 0 Å². The average Bonchev–Trinajstić information content (AvgIpc) is 2.99. The van der Waals surface area contributed by atoms with Gasteiger partial charge in [0.05, 0.1) is 6.61 Å². The molecule has 0 N–H and O–H groups in total. The third kappa shape index (κ3) is 4.11. The second-order valence-corrected chi connectivity index (χ2v) is 6.29. The molecule has 0 unspecified atom stereocenters. The fourth-order valence-electron chi connectivity index (χ4n) is 3.04. The van der Waals surface area contributed by atoms with Crippen LogP contribution in [0.15, 0.2) is 60.7 Å². The number of unbranched alkanes of at least 4 members (excludes halogenated alkanes) is 3. The maximum atomic E-state index is 6.26. The summed E-state index contributed by atoms with van der Waals surface area (Å²) in [4.78, 5) is 0. The third-order valence-electron chi connectivity index (χ3n) is 4.34. The van der Waals surface area contributed by atoms with E-state index >= 15 is 0 Å².